The van der Waals surface area contributed by atoms with Gasteiger partial charge in [-0.2, -0.15) is 0 Å². The van der Waals surface area contributed by atoms with Gasteiger partial charge < -0.3 is 18.8 Å². The van der Waals surface area contributed by atoms with Crippen molar-refractivity contribution in [1.29, 1.82) is 0 Å². The third-order valence-electron chi connectivity index (χ3n) is 6.17. The molecule has 5 rings (SSSR count). The molecule has 1 amide bonds. The Morgan fingerprint density at radius 2 is 1.84 bits per heavy atom. The Kier molecular flexibility index (Phi) is 4.57. The normalized spacial score (nSPS) is 16.4. The van der Waals surface area contributed by atoms with Crippen LogP contribution in [-0.4, -0.2) is 53.3 Å². The predicted molar refractivity (Wildman–Crippen MR) is 115 cm³/mol. The van der Waals surface area contributed by atoms with Crippen LogP contribution < -0.4 is 21.5 Å². The summed E-state index contributed by atoms with van der Waals surface area (Å²) < 4.78 is 11.4. The number of ether oxygens (including phenoxy) is 1. The number of amides is 1. The quantitative estimate of drug-likeness (QED) is 0.530. The van der Waals surface area contributed by atoms with Gasteiger partial charge in [0.2, 0.25) is 5.91 Å². The molecule has 1 aliphatic carbocycles. The molecule has 4 heterocycles. The summed E-state index contributed by atoms with van der Waals surface area (Å²) in [6.45, 7) is 2.63. The van der Waals surface area contributed by atoms with E-state index in [9.17, 15) is 19.2 Å². The van der Waals surface area contributed by atoms with Crippen LogP contribution in [0.3, 0.4) is 0 Å². The zero-order valence-corrected chi connectivity index (χ0v) is 18.1. The molecule has 0 N–H and O–H groups in total. The molecule has 32 heavy (non-hydrogen) atoms. The third-order valence-corrected chi connectivity index (χ3v) is 6.17. The number of hydrogen-bond donors (Lipinski definition) is 0. The lowest BCUT2D eigenvalue weighted by Gasteiger charge is -2.39. The van der Waals surface area contributed by atoms with Gasteiger partial charge in [0.15, 0.2) is 11.2 Å². The molecule has 3 aromatic rings. The third kappa shape index (κ3) is 3.24. The van der Waals surface area contributed by atoms with Crippen LogP contribution in [0.1, 0.15) is 24.6 Å². The van der Waals surface area contributed by atoms with Crippen molar-refractivity contribution in [2.75, 3.05) is 13.1 Å². The number of aromatic nitrogens is 5. The highest BCUT2D eigenvalue weighted by Crippen LogP contribution is 2.35. The minimum Gasteiger partial charge on any atom is -0.486 e. The molecule has 0 radical (unpaired) electrons. The van der Waals surface area contributed by atoms with E-state index >= 15 is 0 Å². The maximum Gasteiger partial charge on any atom is 0.332 e. The average Bonchev–Trinajstić information content (AvgIpc) is 3.45. The molecule has 3 aromatic heterocycles. The Balaban J connectivity index is 1.25. The zero-order chi connectivity index (χ0) is 22.7. The second-order valence-electron chi connectivity index (χ2n) is 8.56. The summed E-state index contributed by atoms with van der Waals surface area (Å²) >= 11 is 0. The monoisotopic (exact) mass is 440 g/mol. The first kappa shape index (κ1) is 20.3. The van der Waals surface area contributed by atoms with Crippen molar-refractivity contribution in [3.8, 4) is 5.75 Å². The van der Waals surface area contributed by atoms with Crippen LogP contribution >= 0.6 is 0 Å². The van der Waals surface area contributed by atoms with E-state index in [1.54, 1.807) is 9.47 Å². The SMILES string of the molecule is Cc1cc(OC2CN(C(=O)Cn3cnc4c3c(=O)n(C)c(=O)n4C)C2)cc(=O)n1C1CC1. The van der Waals surface area contributed by atoms with E-state index < -0.39 is 11.2 Å². The molecule has 11 heteroatoms. The Labute approximate surface area is 182 Å². The van der Waals surface area contributed by atoms with Crippen molar-refractivity contribution < 1.29 is 9.53 Å². The van der Waals surface area contributed by atoms with Gasteiger partial charge in [-0.05, 0) is 25.8 Å². The molecular formula is C21H24N6O5. The molecule has 1 saturated carbocycles. The lowest BCUT2D eigenvalue weighted by molar-refractivity contribution is -0.140. The number of nitrogens with zero attached hydrogens (tertiary/aromatic N) is 6. The first-order valence-corrected chi connectivity index (χ1v) is 10.5. The summed E-state index contributed by atoms with van der Waals surface area (Å²) in [6, 6.07) is 3.68. The molecule has 2 fully saturated rings. The predicted octanol–water partition coefficient (Wildman–Crippen LogP) is -0.471. The van der Waals surface area contributed by atoms with E-state index in [1.807, 2.05) is 13.0 Å². The standard InChI is InChI=1S/C21H24N6O5/c1-12-6-14(7-16(28)27(12)13-4-5-13)32-15-8-25(9-15)17(29)10-26-11-22-19-18(26)20(30)24(3)21(31)23(19)2/h6-7,11,13,15H,4-5,8-10H2,1-3H3. The molecule has 0 unspecified atom stereocenters. The molecule has 1 saturated heterocycles. The number of fused-ring (bicyclic) bond motifs is 1. The number of carbonyl (C=O) groups is 1. The molecule has 0 atom stereocenters. The molecule has 11 nitrogen and oxygen atoms in total. The molecule has 2 aliphatic rings. The van der Waals surface area contributed by atoms with Crippen molar-refractivity contribution in [3.05, 3.63) is 55.3 Å². The van der Waals surface area contributed by atoms with E-state index in [0.29, 0.717) is 24.9 Å². The zero-order valence-electron chi connectivity index (χ0n) is 18.1. The first-order chi connectivity index (χ1) is 15.2. The summed E-state index contributed by atoms with van der Waals surface area (Å²) in [4.78, 5) is 55.4. The Morgan fingerprint density at radius 1 is 1.12 bits per heavy atom. The topological polar surface area (TPSA) is 113 Å². The van der Waals surface area contributed by atoms with Crippen molar-refractivity contribution in [2.24, 2.45) is 14.1 Å². The van der Waals surface area contributed by atoms with Crippen LogP contribution in [-0.2, 0) is 25.4 Å². The van der Waals surface area contributed by atoms with Gasteiger partial charge in [0.25, 0.3) is 11.1 Å². The van der Waals surface area contributed by atoms with E-state index in [-0.39, 0.29) is 35.3 Å². The van der Waals surface area contributed by atoms with Crippen molar-refractivity contribution in [1.82, 2.24) is 28.2 Å². The maximum atomic E-state index is 12.7. The van der Waals surface area contributed by atoms with E-state index in [0.717, 1.165) is 23.1 Å². The lowest BCUT2D eigenvalue weighted by atomic mass is 10.1. The van der Waals surface area contributed by atoms with Crippen LogP contribution in [0.15, 0.2) is 32.8 Å². The van der Waals surface area contributed by atoms with Gasteiger partial charge in [0, 0.05) is 31.9 Å². The minimum atomic E-state index is -0.491. The van der Waals surface area contributed by atoms with Gasteiger partial charge in [-0.25, -0.2) is 9.78 Å². The van der Waals surface area contributed by atoms with Gasteiger partial charge >= 0.3 is 5.69 Å². The van der Waals surface area contributed by atoms with Crippen LogP contribution in [0.5, 0.6) is 5.75 Å². The molecule has 0 spiro atoms. The fraction of sp³-hybridized carbons (Fsp3) is 0.476. The van der Waals surface area contributed by atoms with E-state index in [1.165, 1.54) is 35.6 Å². The number of hydrogen-bond acceptors (Lipinski definition) is 6. The molecule has 0 bridgehead atoms. The Morgan fingerprint density at radius 3 is 2.50 bits per heavy atom. The number of carbonyl (C=O) groups excluding carboxylic acids is 1. The van der Waals surface area contributed by atoms with E-state index in [4.69, 9.17) is 4.74 Å². The van der Waals surface area contributed by atoms with Crippen LogP contribution in [0.4, 0.5) is 0 Å². The number of likely N-dealkylation sites (tertiary alicyclic amines) is 1. The van der Waals surface area contributed by atoms with Crippen LogP contribution in [0.2, 0.25) is 0 Å². The van der Waals surface area contributed by atoms with Gasteiger partial charge in [-0.3, -0.25) is 23.5 Å². The van der Waals surface area contributed by atoms with E-state index in [2.05, 4.69) is 4.98 Å². The first-order valence-electron chi connectivity index (χ1n) is 10.5. The Bertz CT molecular complexity index is 1420. The van der Waals surface area contributed by atoms with Gasteiger partial charge in [-0.15, -0.1) is 0 Å². The maximum absolute atomic E-state index is 12.7. The van der Waals surface area contributed by atoms with Gasteiger partial charge in [0.1, 0.15) is 18.4 Å². The fourth-order valence-corrected chi connectivity index (χ4v) is 4.22. The summed E-state index contributed by atoms with van der Waals surface area (Å²) in [7, 11) is 2.93. The Hall–Kier alpha value is -3.63. The molecule has 1 aliphatic heterocycles. The number of imidazole rings is 1. The molecule has 0 aromatic carbocycles. The van der Waals surface area contributed by atoms with Crippen LogP contribution in [0, 0.1) is 6.92 Å². The number of aryl methyl sites for hydroxylation is 2. The number of pyridine rings is 1. The highest BCUT2D eigenvalue weighted by molar-refractivity contribution is 5.79. The second-order valence-corrected chi connectivity index (χ2v) is 8.56. The van der Waals surface area contributed by atoms with Crippen molar-refractivity contribution in [2.45, 2.75) is 38.5 Å². The minimum absolute atomic E-state index is 0.0577. The van der Waals surface area contributed by atoms with Crippen molar-refractivity contribution >= 4 is 17.1 Å². The van der Waals surface area contributed by atoms with Crippen molar-refractivity contribution in [3.63, 3.8) is 0 Å². The average molecular weight is 440 g/mol. The highest BCUT2D eigenvalue weighted by atomic mass is 16.5. The summed E-state index contributed by atoms with van der Waals surface area (Å²) in [5.74, 6) is 0.340. The molecular weight excluding hydrogens is 416 g/mol. The smallest absolute Gasteiger partial charge is 0.332 e. The second kappa shape index (κ2) is 7.21. The number of rotatable bonds is 5. The van der Waals surface area contributed by atoms with Gasteiger partial charge in [-0.1, -0.05) is 0 Å². The largest absolute Gasteiger partial charge is 0.486 e. The fourth-order valence-electron chi connectivity index (χ4n) is 4.22. The van der Waals surface area contributed by atoms with Gasteiger partial charge in [0.05, 0.1) is 19.4 Å². The summed E-state index contributed by atoms with van der Waals surface area (Å²) in [5, 5.41) is 0. The summed E-state index contributed by atoms with van der Waals surface area (Å²) in [5.41, 5.74) is 0.314. The molecule has 168 valence electrons. The van der Waals surface area contributed by atoms with Crippen LogP contribution in [0.25, 0.3) is 11.2 Å². The lowest BCUT2D eigenvalue weighted by Crippen LogP contribution is -2.57. The summed E-state index contributed by atoms with van der Waals surface area (Å²) in [6.07, 6.45) is 3.28. The highest BCUT2D eigenvalue weighted by Gasteiger charge is 2.33.